The van der Waals surface area contributed by atoms with Gasteiger partial charge in [-0.3, -0.25) is 0 Å². The fourth-order valence-electron chi connectivity index (χ4n) is 12.0. The molecule has 0 bridgehead atoms. The lowest BCUT2D eigenvalue weighted by atomic mass is 9.72. The minimum atomic E-state index is -2.03. The van der Waals surface area contributed by atoms with Crippen LogP contribution in [-0.2, 0) is 52.2 Å². The van der Waals surface area contributed by atoms with E-state index in [1.165, 1.54) is 6.08 Å². The highest BCUT2D eigenvalue weighted by Crippen LogP contribution is 2.45. The smallest absolute Gasteiger partial charge is 0.330 e. The van der Waals surface area contributed by atoms with Gasteiger partial charge in [-0.1, -0.05) is 6.08 Å². The van der Waals surface area contributed by atoms with Gasteiger partial charge in [0.2, 0.25) is 0 Å². The number of hydrogen-bond donors (Lipinski definition) is 18. The molecule has 12 unspecified atom stereocenters. The van der Waals surface area contributed by atoms with Crippen LogP contribution in [0.1, 0.15) is 57.8 Å². The third kappa shape index (κ3) is 13.6. The Kier molecular flexibility index (Phi) is 21.1. The summed E-state index contributed by atoms with van der Waals surface area (Å²) in [7, 11) is 0. The number of hydrogen-bond acceptors (Lipinski definition) is 29. The third-order valence-corrected chi connectivity index (χ3v) is 16.6. The molecule has 32 atom stereocenters. The molecule has 0 aromatic rings. The number of allylic oxidation sites excluding steroid dienone is 1. The van der Waals surface area contributed by atoms with Crippen molar-refractivity contribution < 1.29 is 144 Å². The lowest BCUT2D eigenvalue weighted by molar-refractivity contribution is -0.380. The normalized spacial score (nSPS) is 52.0. The molecule has 0 aromatic carbocycles. The van der Waals surface area contributed by atoms with Gasteiger partial charge in [-0.05, 0) is 63.2 Å². The quantitative estimate of drug-likeness (QED) is 0.0504. The van der Waals surface area contributed by atoms with Crippen molar-refractivity contribution >= 4 is 5.97 Å². The number of carbonyl (C=O) groups is 1. The maximum atomic E-state index is 13.2. The zero-order chi connectivity index (χ0) is 55.7. The molecule has 0 radical (unpaired) electrons. The molecule has 5 heterocycles. The first-order valence-corrected chi connectivity index (χ1v) is 26.4. The minimum Gasteiger partial charge on any atom is -0.460 e. The van der Waals surface area contributed by atoms with E-state index in [9.17, 15) is 96.7 Å². The molecule has 8 aliphatic rings. The Morgan fingerprint density at radius 3 is 1.51 bits per heavy atom. The van der Waals surface area contributed by atoms with Crippen LogP contribution < -0.4 is 0 Å². The van der Waals surface area contributed by atoms with Gasteiger partial charge in [-0.25, -0.2) is 4.79 Å². The van der Waals surface area contributed by atoms with Crippen molar-refractivity contribution in [2.45, 2.75) is 236 Å². The van der Waals surface area contributed by atoms with Crippen LogP contribution in [0.2, 0.25) is 0 Å². The zero-order valence-corrected chi connectivity index (χ0v) is 41.9. The summed E-state index contributed by atoms with van der Waals surface area (Å²) in [5, 5.41) is 191. The number of esters is 1. The number of fused-ring (bicyclic) bond motifs is 1. The summed E-state index contributed by atoms with van der Waals surface area (Å²) in [6.07, 6.45) is -40.0. The highest BCUT2D eigenvalue weighted by molar-refractivity contribution is 5.81. The van der Waals surface area contributed by atoms with Crippen LogP contribution >= 0.6 is 0 Å². The van der Waals surface area contributed by atoms with Gasteiger partial charge >= 0.3 is 5.97 Å². The topological polar surface area (TPSA) is 474 Å². The Labute approximate surface area is 441 Å². The fourth-order valence-corrected chi connectivity index (χ4v) is 12.0. The summed E-state index contributed by atoms with van der Waals surface area (Å²) >= 11 is 0. The van der Waals surface area contributed by atoms with E-state index in [0.29, 0.717) is 12.8 Å². The van der Waals surface area contributed by atoms with Crippen molar-refractivity contribution in [1.82, 2.24) is 0 Å². The highest BCUT2D eigenvalue weighted by Gasteiger charge is 2.56. The Morgan fingerprint density at radius 2 is 0.961 bits per heavy atom. The maximum absolute atomic E-state index is 13.2. The SMILES string of the molecule is O=C(C=CC1CCC(O[C@@H]2O[C@H](CO)[C@@H](O)[C@H](O)[C@H]2O)C(O)C1)OC[C@H]1O[C@@H](OC2CC3C(CC(O)CC3O[C@@H]3O[C@H](CO)[C@@H](O)[C@H](O)[C@H]3O)OC2C2CCC(O)C(O)C2)[C@H](O[C@@H]2O[C@H](CO)[C@@H](O)[C@H](O)[C@H]2O)[C@@H](O)[C@@H]1O. The van der Waals surface area contributed by atoms with Crippen molar-refractivity contribution in [3.63, 3.8) is 0 Å². The maximum Gasteiger partial charge on any atom is 0.330 e. The lowest BCUT2D eigenvalue weighted by Gasteiger charge is -2.53. The minimum absolute atomic E-state index is 0.0104. The monoisotopic (exact) mass is 1120 g/mol. The molecule has 8 fully saturated rings. The standard InChI is InChI=1S/C48H78O29/c49-12-27-32(57)36(61)40(65)45(73-27)70-23-5-1-16(7-22(23)55)2-6-31(56)68-15-30-35(60)39(64)44(77-47-42(67)38(63)34(59)29(14-51)75-47)48(76-30)72-26-11-19-24(69-43(26)17-3-4-20(53)21(54)8-17)9-18(52)10-25(19)71-46-41(66)37(62)33(58)28(13-50)74-46/h2,6,16-30,32-55,57-67H,1,3-5,7-15H2/t16?,17?,18?,19?,20?,21?,22?,23?,24?,25?,26?,27-,28-,29-,30-,32-,33-,34-,35-,36+,37+,38+,39+,40-,41-,42-,43?,44-,45-,46-,47+,48-/m1/s1. The predicted octanol–water partition coefficient (Wildman–Crippen LogP) is -8.92. The van der Waals surface area contributed by atoms with Crippen molar-refractivity contribution in [3.8, 4) is 0 Å². The molecule has 77 heavy (non-hydrogen) atoms. The van der Waals surface area contributed by atoms with Gasteiger partial charge in [-0.15, -0.1) is 0 Å². The van der Waals surface area contributed by atoms with Crippen LogP contribution in [0.15, 0.2) is 12.2 Å². The van der Waals surface area contributed by atoms with E-state index in [4.69, 9.17) is 47.4 Å². The van der Waals surface area contributed by atoms with E-state index in [0.717, 1.165) is 6.08 Å². The molecule has 444 valence electrons. The Balaban J connectivity index is 0.991. The predicted molar refractivity (Wildman–Crippen MR) is 246 cm³/mol. The van der Waals surface area contributed by atoms with Crippen molar-refractivity contribution in [2.75, 3.05) is 26.4 Å². The summed E-state index contributed by atoms with van der Waals surface area (Å²) in [5.41, 5.74) is 0. The Hall–Kier alpha value is -1.87. The molecule has 8 rings (SSSR count). The van der Waals surface area contributed by atoms with E-state index < -0.39 is 228 Å². The summed E-state index contributed by atoms with van der Waals surface area (Å²) in [6.45, 7) is -3.01. The molecule has 18 N–H and O–H groups in total. The van der Waals surface area contributed by atoms with E-state index in [-0.39, 0.29) is 44.9 Å². The molecule has 29 heteroatoms. The highest BCUT2D eigenvalue weighted by atomic mass is 16.8. The van der Waals surface area contributed by atoms with E-state index in [1.54, 1.807) is 0 Å². The van der Waals surface area contributed by atoms with Gasteiger partial charge in [0.05, 0.1) is 74.8 Å². The van der Waals surface area contributed by atoms with Crippen LogP contribution in [0.3, 0.4) is 0 Å². The van der Waals surface area contributed by atoms with Crippen molar-refractivity contribution in [2.24, 2.45) is 17.8 Å². The Morgan fingerprint density at radius 1 is 0.442 bits per heavy atom. The summed E-state index contributed by atoms with van der Waals surface area (Å²) in [4.78, 5) is 13.2. The second kappa shape index (κ2) is 26.6. The van der Waals surface area contributed by atoms with E-state index in [2.05, 4.69) is 0 Å². The fraction of sp³-hybridized carbons (Fsp3) is 0.938. The van der Waals surface area contributed by atoms with Crippen LogP contribution in [-0.4, -0.2) is 302 Å². The molecular formula is C48H78O29. The van der Waals surface area contributed by atoms with Gasteiger partial charge < -0.3 is 139 Å². The molecule has 0 spiro atoms. The first-order chi connectivity index (χ1) is 36.6. The molecule has 5 saturated heterocycles. The van der Waals surface area contributed by atoms with Crippen LogP contribution in [0, 0.1) is 17.8 Å². The van der Waals surface area contributed by atoms with E-state index in [1.807, 2.05) is 0 Å². The molecule has 0 aromatic heterocycles. The summed E-state index contributed by atoms with van der Waals surface area (Å²) in [5.74, 6) is -2.62. The zero-order valence-electron chi connectivity index (χ0n) is 41.9. The first kappa shape index (κ1) is 61.2. The van der Waals surface area contributed by atoms with E-state index >= 15 is 0 Å². The Bertz CT molecular complexity index is 1890. The van der Waals surface area contributed by atoms with Crippen molar-refractivity contribution in [3.05, 3.63) is 12.2 Å². The first-order valence-electron chi connectivity index (χ1n) is 26.4. The number of ether oxygens (including phenoxy) is 10. The summed E-state index contributed by atoms with van der Waals surface area (Å²) < 4.78 is 59.7. The number of carbonyl (C=O) groups excluding carboxylic acids is 1. The molecule has 3 aliphatic carbocycles. The van der Waals surface area contributed by atoms with Gasteiger partial charge in [0.25, 0.3) is 0 Å². The number of aliphatic hydroxyl groups is 18. The second-order valence-electron chi connectivity index (χ2n) is 21.7. The van der Waals surface area contributed by atoms with Gasteiger partial charge in [-0.2, -0.15) is 0 Å². The van der Waals surface area contributed by atoms with Crippen LogP contribution in [0.4, 0.5) is 0 Å². The second-order valence-corrected chi connectivity index (χ2v) is 21.7. The average Bonchev–Trinajstić information content (AvgIpc) is 3.41. The van der Waals surface area contributed by atoms with Gasteiger partial charge in [0.1, 0.15) is 104 Å². The molecule has 5 aliphatic heterocycles. The number of aliphatic hydroxyl groups excluding tert-OH is 18. The molecule has 0 amide bonds. The largest absolute Gasteiger partial charge is 0.460 e. The van der Waals surface area contributed by atoms with Gasteiger partial charge in [0.15, 0.2) is 25.2 Å². The van der Waals surface area contributed by atoms with Crippen LogP contribution in [0.25, 0.3) is 0 Å². The lowest BCUT2D eigenvalue weighted by Crippen LogP contribution is -2.66. The number of rotatable bonds is 16. The van der Waals surface area contributed by atoms with Crippen molar-refractivity contribution in [1.29, 1.82) is 0 Å². The summed E-state index contributed by atoms with van der Waals surface area (Å²) in [6, 6.07) is 0. The molecular weight excluding hydrogens is 1040 g/mol. The van der Waals surface area contributed by atoms with Crippen LogP contribution in [0.5, 0.6) is 0 Å². The van der Waals surface area contributed by atoms with Gasteiger partial charge in [0, 0.05) is 18.4 Å². The molecule has 29 nitrogen and oxygen atoms in total. The third-order valence-electron chi connectivity index (χ3n) is 16.6. The average molecular weight is 1120 g/mol. The molecule has 3 saturated carbocycles.